The Hall–Kier alpha value is -0.720. The lowest BCUT2D eigenvalue weighted by Crippen LogP contribution is -2.36. The lowest BCUT2D eigenvalue weighted by molar-refractivity contribution is 0.411. The quantitative estimate of drug-likeness (QED) is 0.831. The minimum atomic E-state index is -3.45. The first-order valence-electron chi connectivity index (χ1n) is 5.16. The lowest BCUT2D eigenvalue weighted by Gasteiger charge is -2.22. The van der Waals surface area contributed by atoms with Gasteiger partial charge < -0.3 is 4.74 Å². The highest BCUT2D eigenvalue weighted by Gasteiger charge is 2.24. The Kier molecular flexibility index (Phi) is 4.85. The second-order valence-electron chi connectivity index (χ2n) is 3.73. The molecule has 0 saturated heterocycles. The fourth-order valence-corrected chi connectivity index (χ4v) is 2.98. The summed E-state index contributed by atoms with van der Waals surface area (Å²) in [5.74, 6) is 1.11. The number of hydrogen-bond donors (Lipinski definition) is 1. The van der Waals surface area contributed by atoms with Gasteiger partial charge in [-0.3, -0.25) is 0 Å². The summed E-state index contributed by atoms with van der Waals surface area (Å²) in [5.41, 5.74) is 0. The van der Waals surface area contributed by atoms with Crippen LogP contribution in [0.25, 0.3) is 0 Å². The van der Waals surface area contributed by atoms with Crippen molar-refractivity contribution in [3.63, 3.8) is 0 Å². The molecule has 0 aliphatic heterocycles. The average Bonchev–Trinajstić information content (AvgIpc) is 2.36. The highest BCUT2D eigenvalue weighted by Crippen LogP contribution is 2.20. The van der Waals surface area contributed by atoms with E-state index in [2.05, 4.69) is 12.6 Å². The molecule has 0 bridgehead atoms. The van der Waals surface area contributed by atoms with Crippen LogP contribution >= 0.6 is 12.6 Å². The highest BCUT2D eigenvalue weighted by molar-refractivity contribution is 7.89. The molecule has 0 heterocycles. The Morgan fingerprint density at radius 1 is 1.35 bits per heavy atom. The van der Waals surface area contributed by atoms with E-state index in [1.165, 1.54) is 16.4 Å². The van der Waals surface area contributed by atoms with Crippen molar-refractivity contribution in [2.75, 3.05) is 19.9 Å². The number of rotatable bonds is 5. The molecule has 1 aromatic carbocycles. The summed E-state index contributed by atoms with van der Waals surface area (Å²) in [5, 5.41) is 0. The van der Waals surface area contributed by atoms with Gasteiger partial charge in [0.2, 0.25) is 10.0 Å². The van der Waals surface area contributed by atoms with E-state index in [0.717, 1.165) is 0 Å². The summed E-state index contributed by atoms with van der Waals surface area (Å²) in [7, 11) is -0.350. The number of sulfonamides is 1. The first-order chi connectivity index (χ1) is 7.93. The SMILES string of the molecule is COc1ccc(S(=O)(=O)N(C)[C@H](C)CS)cc1. The molecule has 0 aliphatic rings. The minimum Gasteiger partial charge on any atom is -0.497 e. The molecule has 6 heteroatoms. The van der Waals surface area contributed by atoms with Gasteiger partial charge in [-0.05, 0) is 31.2 Å². The summed E-state index contributed by atoms with van der Waals surface area (Å²) in [6.45, 7) is 1.81. The predicted octanol–water partition coefficient (Wildman–Crippen LogP) is 1.63. The number of benzene rings is 1. The van der Waals surface area contributed by atoms with Gasteiger partial charge in [0.05, 0.1) is 12.0 Å². The molecular weight excluding hydrogens is 258 g/mol. The Morgan fingerprint density at radius 2 is 1.88 bits per heavy atom. The smallest absolute Gasteiger partial charge is 0.243 e. The van der Waals surface area contributed by atoms with Gasteiger partial charge in [-0.2, -0.15) is 16.9 Å². The molecule has 4 nitrogen and oxygen atoms in total. The monoisotopic (exact) mass is 275 g/mol. The third-order valence-corrected chi connectivity index (χ3v) is 5.14. The summed E-state index contributed by atoms with van der Waals surface area (Å²) in [6, 6.07) is 6.19. The fourth-order valence-electron chi connectivity index (χ4n) is 1.27. The number of thiol groups is 1. The molecule has 1 rings (SSSR count). The second-order valence-corrected chi connectivity index (χ2v) is 6.09. The first kappa shape index (κ1) is 14.3. The van der Waals surface area contributed by atoms with Crippen molar-refractivity contribution in [3.05, 3.63) is 24.3 Å². The standard InChI is InChI=1S/C11H17NO3S2/c1-9(8-16)12(2)17(13,14)11-6-4-10(15-3)5-7-11/h4-7,9,16H,8H2,1-3H3/t9-/m1/s1. The van der Waals surface area contributed by atoms with Gasteiger partial charge in [0.1, 0.15) is 5.75 Å². The van der Waals surface area contributed by atoms with E-state index < -0.39 is 10.0 Å². The van der Waals surface area contributed by atoms with E-state index in [0.29, 0.717) is 11.5 Å². The van der Waals surface area contributed by atoms with Gasteiger partial charge >= 0.3 is 0 Å². The normalized spacial score (nSPS) is 13.7. The molecule has 17 heavy (non-hydrogen) atoms. The van der Waals surface area contributed by atoms with Gasteiger partial charge in [-0.1, -0.05) is 0 Å². The van der Waals surface area contributed by atoms with Crippen LogP contribution in [-0.4, -0.2) is 38.7 Å². The van der Waals surface area contributed by atoms with Crippen molar-refractivity contribution in [1.82, 2.24) is 4.31 Å². The van der Waals surface area contributed by atoms with Crippen LogP contribution in [0.3, 0.4) is 0 Å². The Bertz CT molecular complexity index is 456. The fraction of sp³-hybridized carbons (Fsp3) is 0.455. The maximum absolute atomic E-state index is 12.2. The van der Waals surface area contributed by atoms with Gasteiger partial charge in [0, 0.05) is 18.8 Å². The van der Waals surface area contributed by atoms with Crippen LogP contribution in [0.15, 0.2) is 29.2 Å². The first-order valence-corrected chi connectivity index (χ1v) is 7.23. The average molecular weight is 275 g/mol. The van der Waals surface area contributed by atoms with Crippen LogP contribution in [-0.2, 0) is 10.0 Å². The molecule has 0 N–H and O–H groups in total. The maximum atomic E-state index is 12.2. The zero-order valence-corrected chi connectivity index (χ0v) is 11.8. The summed E-state index contributed by atoms with van der Waals surface area (Å²) < 4.78 is 30.7. The molecular formula is C11H17NO3S2. The molecule has 0 amide bonds. The van der Waals surface area contributed by atoms with Crippen molar-refractivity contribution in [3.8, 4) is 5.75 Å². The van der Waals surface area contributed by atoms with Crippen molar-refractivity contribution in [1.29, 1.82) is 0 Å². The minimum absolute atomic E-state index is 0.148. The van der Waals surface area contributed by atoms with Gasteiger partial charge in [-0.15, -0.1) is 0 Å². The molecule has 0 aromatic heterocycles. The van der Waals surface area contributed by atoms with Crippen LogP contribution in [0.5, 0.6) is 5.75 Å². The summed E-state index contributed by atoms with van der Waals surface area (Å²) in [6.07, 6.45) is 0. The van der Waals surface area contributed by atoms with Crippen LogP contribution in [0.2, 0.25) is 0 Å². The van der Waals surface area contributed by atoms with Crippen molar-refractivity contribution >= 4 is 22.7 Å². The van der Waals surface area contributed by atoms with E-state index in [1.807, 2.05) is 6.92 Å². The summed E-state index contributed by atoms with van der Waals surface area (Å²) >= 11 is 4.10. The number of ether oxygens (including phenoxy) is 1. The molecule has 0 unspecified atom stereocenters. The molecule has 0 radical (unpaired) electrons. The molecule has 0 saturated carbocycles. The van der Waals surface area contributed by atoms with E-state index in [9.17, 15) is 8.42 Å². The molecule has 0 spiro atoms. The van der Waals surface area contributed by atoms with Crippen molar-refractivity contribution in [2.45, 2.75) is 17.9 Å². The number of methoxy groups -OCH3 is 1. The van der Waals surface area contributed by atoms with Crippen LogP contribution in [0, 0.1) is 0 Å². The third-order valence-electron chi connectivity index (χ3n) is 2.62. The molecule has 1 atom stereocenters. The van der Waals surface area contributed by atoms with E-state index in [4.69, 9.17) is 4.74 Å². The Balaban J connectivity index is 3.04. The second kappa shape index (κ2) is 5.75. The Morgan fingerprint density at radius 3 is 2.29 bits per heavy atom. The van der Waals surface area contributed by atoms with Gasteiger partial charge in [-0.25, -0.2) is 8.42 Å². The van der Waals surface area contributed by atoms with E-state index in [-0.39, 0.29) is 10.9 Å². The van der Waals surface area contributed by atoms with E-state index in [1.54, 1.807) is 26.3 Å². The predicted molar refractivity (Wildman–Crippen MR) is 71.3 cm³/mol. The molecule has 0 aliphatic carbocycles. The molecule has 1 aromatic rings. The molecule has 96 valence electrons. The van der Waals surface area contributed by atoms with E-state index >= 15 is 0 Å². The van der Waals surface area contributed by atoms with Crippen LogP contribution in [0.4, 0.5) is 0 Å². The van der Waals surface area contributed by atoms with Crippen molar-refractivity contribution in [2.24, 2.45) is 0 Å². The van der Waals surface area contributed by atoms with Gasteiger partial charge in [0.15, 0.2) is 0 Å². The zero-order valence-electron chi connectivity index (χ0n) is 10.1. The highest BCUT2D eigenvalue weighted by atomic mass is 32.2. The maximum Gasteiger partial charge on any atom is 0.243 e. The number of nitrogens with zero attached hydrogens (tertiary/aromatic N) is 1. The third kappa shape index (κ3) is 3.14. The largest absolute Gasteiger partial charge is 0.497 e. The topological polar surface area (TPSA) is 46.6 Å². The Labute approximate surface area is 108 Å². The number of hydrogen-bond acceptors (Lipinski definition) is 4. The van der Waals surface area contributed by atoms with Crippen LogP contribution in [0.1, 0.15) is 6.92 Å². The lowest BCUT2D eigenvalue weighted by atomic mass is 10.3. The van der Waals surface area contributed by atoms with Crippen molar-refractivity contribution < 1.29 is 13.2 Å². The zero-order chi connectivity index (χ0) is 13.1. The van der Waals surface area contributed by atoms with Gasteiger partial charge in [0.25, 0.3) is 0 Å². The summed E-state index contributed by atoms with van der Waals surface area (Å²) in [4.78, 5) is 0.259. The molecule has 0 fully saturated rings. The van der Waals surface area contributed by atoms with Crippen LogP contribution < -0.4 is 4.74 Å².